The van der Waals surface area contributed by atoms with E-state index in [4.69, 9.17) is 14.1 Å². The van der Waals surface area contributed by atoms with E-state index in [1.165, 1.54) is 0 Å². The van der Waals surface area contributed by atoms with E-state index >= 15 is 0 Å². The van der Waals surface area contributed by atoms with Crippen LogP contribution in [0.15, 0.2) is 87.0 Å². The summed E-state index contributed by atoms with van der Waals surface area (Å²) in [6.45, 7) is 0. The predicted molar refractivity (Wildman–Crippen MR) is 121 cm³/mol. The zero-order valence-corrected chi connectivity index (χ0v) is 16.8. The number of aliphatic imine (C=N–C) groups is 1. The summed E-state index contributed by atoms with van der Waals surface area (Å²) in [5, 5.41) is 15.0. The first-order valence-corrected chi connectivity index (χ1v) is 9.96. The number of nitrogens with one attached hydrogen (secondary N) is 1. The molecule has 1 aliphatic rings. The van der Waals surface area contributed by atoms with Gasteiger partial charge in [0.05, 0.1) is 35.6 Å². The number of para-hydroxylation sites is 3. The highest BCUT2D eigenvalue weighted by Gasteiger charge is 2.26. The third-order valence-corrected chi connectivity index (χ3v) is 5.48. The second-order valence-corrected chi connectivity index (χ2v) is 7.36. The van der Waals surface area contributed by atoms with Gasteiger partial charge >= 0.3 is 5.63 Å². The Hall–Kier alpha value is -4.06. The highest BCUT2D eigenvalue weighted by atomic mass is 16.5. The maximum atomic E-state index is 12.9. The molecule has 2 heterocycles. The summed E-state index contributed by atoms with van der Waals surface area (Å²) in [5.41, 5.74) is 2.85. The van der Waals surface area contributed by atoms with Gasteiger partial charge in [-0.15, -0.1) is 0 Å². The van der Waals surface area contributed by atoms with Gasteiger partial charge in [0, 0.05) is 6.42 Å². The molecule has 2 N–H and O–H groups in total. The molecule has 6 nitrogen and oxygen atoms in total. The fraction of sp³-hybridized carbons (Fsp3) is 0.120. The van der Waals surface area contributed by atoms with Crippen molar-refractivity contribution in [2.24, 2.45) is 4.99 Å². The van der Waals surface area contributed by atoms with Crippen LogP contribution in [0.1, 0.15) is 23.6 Å². The molecule has 0 spiro atoms. The monoisotopic (exact) mass is 412 g/mol. The normalized spacial score (nSPS) is 15.5. The van der Waals surface area contributed by atoms with Gasteiger partial charge in [-0.05, 0) is 42.0 Å². The molecule has 0 bridgehead atoms. The van der Waals surface area contributed by atoms with Gasteiger partial charge in [0.2, 0.25) is 0 Å². The van der Waals surface area contributed by atoms with Crippen LogP contribution < -0.4 is 15.7 Å². The number of anilines is 1. The van der Waals surface area contributed by atoms with Gasteiger partial charge in [-0.1, -0.05) is 36.4 Å². The minimum absolute atomic E-state index is 0.0933. The molecule has 1 atom stereocenters. The predicted octanol–water partition coefficient (Wildman–Crippen LogP) is 5.18. The van der Waals surface area contributed by atoms with Crippen LogP contribution in [0.2, 0.25) is 0 Å². The number of hydrogen-bond donors (Lipinski definition) is 2. The summed E-state index contributed by atoms with van der Waals surface area (Å²) >= 11 is 0. The van der Waals surface area contributed by atoms with E-state index in [1.54, 1.807) is 31.4 Å². The zero-order chi connectivity index (χ0) is 21.4. The van der Waals surface area contributed by atoms with Crippen LogP contribution in [-0.4, -0.2) is 17.9 Å². The Morgan fingerprint density at radius 1 is 1.03 bits per heavy atom. The van der Waals surface area contributed by atoms with Crippen LogP contribution in [0.3, 0.4) is 0 Å². The Morgan fingerprint density at radius 3 is 2.58 bits per heavy atom. The summed E-state index contributed by atoms with van der Waals surface area (Å²) < 4.78 is 10.8. The van der Waals surface area contributed by atoms with Crippen LogP contribution in [0.4, 0.5) is 11.4 Å². The molecule has 0 amide bonds. The number of rotatable bonds is 3. The van der Waals surface area contributed by atoms with Gasteiger partial charge in [0.25, 0.3) is 0 Å². The minimum atomic E-state index is -0.609. The van der Waals surface area contributed by atoms with E-state index in [0.29, 0.717) is 28.8 Å². The van der Waals surface area contributed by atoms with E-state index in [1.807, 2.05) is 48.5 Å². The van der Waals surface area contributed by atoms with Crippen molar-refractivity contribution in [3.63, 3.8) is 0 Å². The van der Waals surface area contributed by atoms with Crippen molar-refractivity contribution in [3.8, 4) is 11.5 Å². The average Bonchev–Trinajstić information content (AvgIpc) is 2.99. The minimum Gasteiger partial charge on any atom is -0.506 e. The summed E-state index contributed by atoms with van der Waals surface area (Å²) in [6, 6.07) is 22.1. The first kappa shape index (κ1) is 18.9. The lowest BCUT2D eigenvalue weighted by atomic mass is 9.97. The van der Waals surface area contributed by atoms with Crippen LogP contribution in [0.5, 0.6) is 11.5 Å². The molecule has 1 aliphatic heterocycles. The number of aromatic hydroxyl groups is 1. The third kappa shape index (κ3) is 3.42. The Morgan fingerprint density at radius 2 is 1.77 bits per heavy atom. The lowest BCUT2D eigenvalue weighted by Crippen LogP contribution is -2.19. The van der Waals surface area contributed by atoms with Crippen LogP contribution in [-0.2, 0) is 0 Å². The van der Waals surface area contributed by atoms with Crippen molar-refractivity contribution in [2.45, 2.75) is 12.5 Å². The maximum Gasteiger partial charge on any atom is 0.349 e. The summed E-state index contributed by atoms with van der Waals surface area (Å²) in [7, 11) is 1.63. The number of benzene rings is 3. The number of nitrogens with zero attached hydrogens (tertiary/aromatic N) is 1. The summed E-state index contributed by atoms with van der Waals surface area (Å²) in [6.07, 6.45) is 0.387. The van der Waals surface area contributed by atoms with Gasteiger partial charge in [-0.25, -0.2) is 4.79 Å². The standard InChI is InChI=1S/C25H20N2O4/c1-30-16-12-10-15(11-13-16)20-14-21(27-19-8-4-3-7-18(19)26-20)23-24(28)17-6-2-5-9-22(17)31-25(23)29/h2-13,20,26,28H,14H2,1H3. The molecule has 0 saturated carbocycles. The highest BCUT2D eigenvalue weighted by molar-refractivity contribution is 6.08. The lowest BCUT2D eigenvalue weighted by Gasteiger charge is -2.19. The molecule has 6 heteroatoms. The molecule has 1 aromatic heterocycles. The Balaban J connectivity index is 1.68. The number of fused-ring (bicyclic) bond motifs is 2. The molecule has 0 fully saturated rings. The fourth-order valence-electron chi connectivity index (χ4n) is 3.90. The molecule has 4 aromatic rings. The highest BCUT2D eigenvalue weighted by Crippen LogP contribution is 2.37. The molecule has 31 heavy (non-hydrogen) atoms. The van der Waals surface area contributed by atoms with E-state index in [9.17, 15) is 9.90 Å². The van der Waals surface area contributed by atoms with Crippen LogP contribution in [0.25, 0.3) is 11.0 Å². The molecule has 5 rings (SSSR count). The molecular formula is C25H20N2O4. The molecule has 154 valence electrons. The van der Waals surface area contributed by atoms with Gasteiger partial charge in [0.1, 0.15) is 22.6 Å². The molecule has 0 aliphatic carbocycles. The van der Waals surface area contributed by atoms with E-state index in [2.05, 4.69) is 5.32 Å². The maximum absolute atomic E-state index is 12.9. The quantitative estimate of drug-likeness (QED) is 0.453. The van der Waals surface area contributed by atoms with Crippen molar-refractivity contribution < 1.29 is 14.3 Å². The second-order valence-electron chi connectivity index (χ2n) is 7.36. The van der Waals surface area contributed by atoms with Gasteiger partial charge in [-0.2, -0.15) is 0 Å². The third-order valence-electron chi connectivity index (χ3n) is 5.48. The second kappa shape index (κ2) is 7.65. The summed E-state index contributed by atoms with van der Waals surface area (Å²) in [4.78, 5) is 17.6. The van der Waals surface area contributed by atoms with Crippen molar-refractivity contribution in [1.29, 1.82) is 0 Å². The molecule has 0 radical (unpaired) electrons. The van der Waals surface area contributed by atoms with Gasteiger partial charge < -0.3 is 19.6 Å². The van der Waals surface area contributed by atoms with Crippen molar-refractivity contribution in [2.75, 3.05) is 12.4 Å². The molecular weight excluding hydrogens is 392 g/mol. The number of ether oxygens (including phenoxy) is 1. The van der Waals surface area contributed by atoms with Crippen molar-refractivity contribution >= 4 is 28.1 Å². The first-order chi connectivity index (χ1) is 15.1. The van der Waals surface area contributed by atoms with Gasteiger partial charge in [-0.3, -0.25) is 4.99 Å². The van der Waals surface area contributed by atoms with E-state index in [0.717, 1.165) is 17.0 Å². The number of hydrogen-bond acceptors (Lipinski definition) is 6. The zero-order valence-electron chi connectivity index (χ0n) is 16.8. The molecule has 0 saturated heterocycles. The first-order valence-electron chi connectivity index (χ1n) is 9.96. The van der Waals surface area contributed by atoms with E-state index < -0.39 is 5.63 Å². The van der Waals surface area contributed by atoms with Crippen LogP contribution >= 0.6 is 0 Å². The Labute approximate surface area is 178 Å². The topological polar surface area (TPSA) is 84.1 Å². The Kier molecular flexibility index (Phi) is 4.67. The largest absolute Gasteiger partial charge is 0.506 e. The smallest absolute Gasteiger partial charge is 0.349 e. The lowest BCUT2D eigenvalue weighted by molar-refractivity contribution is 0.414. The van der Waals surface area contributed by atoms with E-state index in [-0.39, 0.29) is 17.4 Å². The molecule has 1 unspecified atom stereocenters. The van der Waals surface area contributed by atoms with Crippen molar-refractivity contribution in [3.05, 3.63) is 94.3 Å². The fourth-order valence-corrected chi connectivity index (χ4v) is 3.90. The molecule has 3 aromatic carbocycles. The van der Waals surface area contributed by atoms with Crippen LogP contribution in [0, 0.1) is 0 Å². The summed E-state index contributed by atoms with van der Waals surface area (Å²) in [5.74, 6) is 0.651. The average molecular weight is 412 g/mol. The Bertz CT molecular complexity index is 1360. The van der Waals surface area contributed by atoms with Gasteiger partial charge in [0.15, 0.2) is 0 Å². The SMILES string of the molecule is COc1ccc(C2CC(c3c(O)c4ccccc4oc3=O)=Nc3ccccc3N2)cc1. The van der Waals surface area contributed by atoms with Crippen molar-refractivity contribution in [1.82, 2.24) is 0 Å². The number of methoxy groups -OCH3 is 1.